The van der Waals surface area contributed by atoms with Gasteiger partial charge in [0.2, 0.25) is 0 Å². The average molecular weight is 261 g/mol. The highest BCUT2D eigenvalue weighted by Gasteiger charge is 2.30. The quantitative estimate of drug-likeness (QED) is 0.888. The predicted octanol–water partition coefficient (Wildman–Crippen LogP) is 2.88. The summed E-state index contributed by atoms with van der Waals surface area (Å²) in [6, 6.07) is 7.06. The topological polar surface area (TPSA) is 32.7 Å². The fraction of sp³-hybridized carbons (Fsp3) is 0.625. The molecule has 1 fully saturated rings. The van der Waals surface area contributed by atoms with Gasteiger partial charge in [-0.15, -0.1) is 0 Å². The summed E-state index contributed by atoms with van der Waals surface area (Å²) in [5.74, 6) is 0.475. The van der Waals surface area contributed by atoms with E-state index in [9.17, 15) is 5.11 Å². The molecule has 0 radical (unpaired) electrons. The molecule has 1 saturated heterocycles. The summed E-state index contributed by atoms with van der Waals surface area (Å²) >= 11 is 0. The van der Waals surface area contributed by atoms with E-state index in [2.05, 4.69) is 18.0 Å². The van der Waals surface area contributed by atoms with Crippen LogP contribution in [0.2, 0.25) is 0 Å². The van der Waals surface area contributed by atoms with E-state index in [0.717, 1.165) is 38.0 Å². The molecule has 1 aliphatic carbocycles. The molecule has 0 saturated carbocycles. The smallest absolute Gasteiger partial charge is 0.119 e. The molecular formula is C16H23NO2. The van der Waals surface area contributed by atoms with Crippen LogP contribution in [0.1, 0.15) is 42.9 Å². The van der Waals surface area contributed by atoms with Crippen molar-refractivity contribution >= 4 is 0 Å². The van der Waals surface area contributed by atoms with Crippen molar-refractivity contribution < 1.29 is 9.84 Å². The van der Waals surface area contributed by atoms with E-state index in [1.807, 2.05) is 12.1 Å². The zero-order valence-corrected chi connectivity index (χ0v) is 11.6. The lowest BCUT2D eigenvalue weighted by atomic mass is 9.85. The zero-order chi connectivity index (χ0) is 13.2. The van der Waals surface area contributed by atoms with E-state index in [1.54, 1.807) is 0 Å². The molecule has 3 heteroatoms. The first-order valence-electron chi connectivity index (χ1n) is 7.38. The maximum absolute atomic E-state index is 10.0. The van der Waals surface area contributed by atoms with Crippen molar-refractivity contribution in [2.75, 3.05) is 20.3 Å². The van der Waals surface area contributed by atoms with Crippen molar-refractivity contribution in [3.63, 3.8) is 0 Å². The second-order valence-electron chi connectivity index (χ2n) is 5.76. The van der Waals surface area contributed by atoms with Crippen LogP contribution in [0, 0.1) is 0 Å². The Kier molecular flexibility index (Phi) is 3.76. The van der Waals surface area contributed by atoms with Crippen LogP contribution in [0.5, 0.6) is 5.75 Å². The molecule has 1 atom stereocenters. The maximum Gasteiger partial charge on any atom is 0.119 e. The molecule has 3 nitrogen and oxygen atoms in total. The molecule has 1 aromatic rings. The third-order valence-corrected chi connectivity index (χ3v) is 4.71. The van der Waals surface area contributed by atoms with Crippen LogP contribution in [0.3, 0.4) is 0 Å². The molecule has 1 aromatic carbocycles. The first kappa shape index (κ1) is 12.9. The molecular weight excluding hydrogens is 238 g/mol. The summed E-state index contributed by atoms with van der Waals surface area (Å²) in [7, 11) is 2.24. The van der Waals surface area contributed by atoms with Gasteiger partial charge in [0.05, 0.1) is 0 Å². The number of benzene rings is 1. The van der Waals surface area contributed by atoms with E-state index in [1.165, 1.54) is 18.4 Å². The predicted molar refractivity (Wildman–Crippen MR) is 75.4 cm³/mol. The van der Waals surface area contributed by atoms with Crippen molar-refractivity contribution in [3.8, 4) is 5.75 Å². The Balaban J connectivity index is 1.84. The SMILES string of the molecule is CN(C1CCOCC1)C1CCCc2c(O)cccc21. The summed E-state index contributed by atoms with van der Waals surface area (Å²) in [5, 5.41) is 10.0. The number of aromatic hydroxyl groups is 1. The van der Waals surface area contributed by atoms with Gasteiger partial charge in [-0.3, -0.25) is 4.90 Å². The molecule has 0 bridgehead atoms. The minimum absolute atomic E-state index is 0.457. The minimum atomic E-state index is 0.457. The lowest BCUT2D eigenvalue weighted by Crippen LogP contribution is -2.40. The average Bonchev–Trinajstić information content (AvgIpc) is 2.47. The Hall–Kier alpha value is -1.06. The van der Waals surface area contributed by atoms with Crippen molar-refractivity contribution in [2.45, 2.75) is 44.2 Å². The number of phenolic OH excluding ortho intramolecular Hbond substituents is 1. The third kappa shape index (κ3) is 2.49. The molecule has 1 unspecified atom stereocenters. The van der Waals surface area contributed by atoms with E-state index in [0.29, 0.717) is 17.8 Å². The highest BCUT2D eigenvalue weighted by molar-refractivity contribution is 5.42. The van der Waals surface area contributed by atoms with Gasteiger partial charge in [0, 0.05) is 25.3 Å². The lowest BCUT2D eigenvalue weighted by molar-refractivity contribution is 0.0251. The number of nitrogens with zero attached hydrogens (tertiary/aromatic N) is 1. The standard InChI is InChI=1S/C16H23NO2/c1-17(12-8-10-19-11-9-12)15-6-2-5-14-13(15)4-3-7-16(14)18/h3-4,7,12,15,18H,2,5-6,8-11H2,1H3. The van der Waals surface area contributed by atoms with E-state index in [4.69, 9.17) is 4.74 Å². The molecule has 104 valence electrons. The Labute approximate surface area is 115 Å². The van der Waals surface area contributed by atoms with Crippen molar-refractivity contribution in [1.29, 1.82) is 0 Å². The maximum atomic E-state index is 10.0. The van der Waals surface area contributed by atoms with Crippen LogP contribution >= 0.6 is 0 Å². The first-order chi connectivity index (χ1) is 9.27. The highest BCUT2D eigenvalue weighted by atomic mass is 16.5. The van der Waals surface area contributed by atoms with Gasteiger partial charge in [0.1, 0.15) is 5.75 Å². The third-order valence-electron chi connectivity index (χ3n) is 4.71. The van der Waals surface area contributed by atoms with Gasteiger partial charge in [-0.2, -0.15) is 0 Å². The van der Waals surface area contributed by atoms with Crippen LogP contribution in [-0.2, 0) is 11.2 Å². The van der Waals surface area contributed by atoms with Gasteiger partial charge in [-0.25, -0.2) is 0 Å². The first-order valence-corrected chi connectivity index (χ1v) is 7.38. The largest absolute Gasteiger partial charge is 0.508 e. The molecule has 19 heavy (non-hydrogen) atoms. The van der Waals surface area contributed by atoms with Crippen molar-refractivity contribution in [1.82, 2.24) is 4.90 Å². The number of phenols is 1. The number of rotatable bonds is 2. The van der Waals surface area contributed by atoms with Gasteiger partial charge in [0.25, 0.3) is 0 Å². The molecule has 3 rings (SSSR count). The highest BCUT2D eigenvalue weighted by Crippen LogP contribution is 2.39. The zero-order valence-electron chi connectivity index (χ0n) is 11.6. The Bertz CT molecular complexity index is 440. The number of ether oxygens (including phenoxy) is 1. The van der Waals surface area contributed by atoms with Crippen LogP contribution in [-0.4, -0.2) is 36.3 Å². The molecule has 1 heterocycles. The van der Waals surface area contributed by atoms with Gasteiger partial charge in [-0.1, -0.05) is 12.1 Å². The summed E-state index contributed by atoms with van der Waals surface area (Å²) in [5.41, 5.74) is 2.50. The van der Waals surface area contributed by atoms with Gasteiger partial charge in [-0.05, 0) is 56.3 Å². The summed E-state index contributed by atoms with van der Waals surface area (Å²) in [6.45, 7) is 1.77. The summed E-state index contributed by atoms with van der Waals surface area (Å²) < 4.78 is 5.46. The normalized spacial score (nSPS) is 24.4. The molecule has 0 spiro atoms. The van der Waals surface area contributed by atoms with Crippen LogP contribution in [0.4, 0.5) is 0 Å². The van der Waals surface area contributed by atoms with E-state index >= 15 is 0 Å². The second kappa shape index (κ2) is 5.51. The molecule has 0 amide bonds. The second-order valence-corrected chi connectivity index (χ2v) is 5.76. The number of hydrogen-bond acceptors (Lipinski definition) is 3. The minimum Gasteiger partial charge on any atom is -0.508 e. The van der Waals surface area contributed by atoms with Crippen molar-refractivity contribution in [3.05, 3.63) is 29.3 Å². The van der Waals surface area contributed by atoms with E-state index in [-0.39, 0.29) is 0 Å². The van der Waals surface area contributed by atoms with Crippen LogP contribution in [0.25, 0.3) is 0 Å². The van der Waals surface area contributed by atoms with Gasteiger partial charge >= 0.3 is 0 Å². The van der Waals surface area contributed by atoms with Gasteiger partial charge in [0.15, 0.2) is 0 Å². The molecule has 1 N–H and O–H groups in total. The molecule has 0 aromatic heterocycles. The fourth-order valence-electron chi connectivity index (χ4n) is 3.57. The summed E-state index contributed by atoms with van der Waals surface area (Å²) in [6.07, 6.45) is 5.63. The molecule has 2 aliphatic rings. The number of hydrogen-bond donors (Lipinski definition) is 1. The summed E-state index contributed by atoms with van der Waals surface area (Å²) in [4.78, 5) is 2.51. The lowest BCUT2D eigenvalue weighted by Gasteiger charge is -2.40. The number of fused-ring (bicyclic) bond motifs is 1. The Morgan fingerprint density at radius 3 is 2.79 bits per heavy atom. The van der Waals surface area contributed by atoms with Crippen LogP contribution in [0.15, 0.2) is 18.2 Å². The van der Waals surface area contributed by atoms with Crippen LogP contribution < -0.4 is 0 Å². The van der Waals surface area contributed by atoms with Gasteiger partial charge < -0.3 is 9.84 Å². The van der Waals surface area contributed by atoms with E-state index < -0.39 is 0 Å². The monoisotopic (exact) mass is 261 g/mol. The Morgan fingerprint density at radius 2 is 2.00 bits per heavy atom. The van der Waals surface area contributed by atoms with Crippen molar-refractivity contribution in [2.24, 2.45) is 0 Å². The molecule has 1 aliphatic heterocycles. The fourth-order valence-corrected chi connectivity index (χ4v) is 3.57. The Morgan fingerprint density at radius 1 is 1.21 bits per heavy atom.